The molecule has 0 aromatic heterocycles. The maximum atomic E-state index is 12.5. The molecule has 0 aliphatic carbocycles. The van der Waals surface area contributed by atoms with Crippen LogP contribution in [0.15, 0.2) is 24.3 Å². The Kier molecular flexibility index (Phi) is 18.8. The molecule has 14 heteroatoms. The Balaban J connectivity index is 0.00000122. The van der Waals surface area contributed by atoms with Crippen LogP contribution in [0.1, 0.15) is 38.8 Å². The first-order valence-electron chi connectivity index (χ1n) is 9.07. The highest BCUT2D eigenvalue weighted by Crippen LogP contribution is 2.52. The van der Waals surface area contributed by atoms with Gasteiger partial charge in [-0.3, -0.25) is 9.13 Å². The lowest BCUT2D eigenvalue weighted by Crippen LogP contribution is -2.00. The van der Waals surface area contributed by atoms with Crippen molar-refractivity contribution in [2.45, 2.75) is 40.0 Å². The summed E-state index contributed by atoms with van der Waals surface area (Å²) in [5.41, 5.74) is 1.68. The predicted molar refractivity (Wildman–Crippen MR) is 140 cm³/mol. The Labute approximate surface area is 201 Å². The SMILES string of the molecule is CCOP(=O)(Cc1ccc(CP(=O)(OCC)OCC)cc1)OCC.S=S=S=S=S=S. The van der Waals surface area contributed by atoms with Crippen LogP contribution >= 0.6 is 15.2 Å². The third kappa shape index (κ3) is 14.1. The molecule has 30 heavy (non-hydrogen) atoms. The van der Waals surface area contributed by atoms with Gasteiger partial charge in [0.25, 0.3) is 0 Å². The molecule has 1 aromatic rings. The highest BCUT2D eigenvalue weighted by atomic mass is 33.3. The summed E-state index contributed by atoms with van der Waals surface area (Å²) in [6, 6.07) is 7.34. The van der Waals surface area contributed by atoms with Crippen molar-refractivity contribution in [1.82, 2.24) is 0 Å². The molecule has 0 bridgehead atoms. The van der Waals surface area contributed by atoms with Gasteiger partial charge in [0.05, 0.1) is 38.8 Å². The van der Waals surface area contributed by atoms with Crippen molar-refractivity contribution in [3.8, 4) is 0 Å². The van der Waals surface area contributed by atoms with Crippen LogP contribution in [-0.2, 0) is 97.4 Å². The first-order chi connectivity index (χ1) is 14.3. The van der Waals surface area contributed by atoms with E-state index in [2.05, 4.69) is 22.4 Å². The molecule has 6 nitrogen and oxygen atoms in total. The largest absolute Gasteiger partial charge is 0.335 e. The van der Waals surface area contributed by atoms with E-state index >= 15 is 0 Å². The predicted octanol–water partition coefficient (Wildman–Crippen LogP) is 5.20. The van der Waals surface area contributed by atoms with Gasteiger partial charge in [-0.05, 0) is 38.8 Å². The Morgan fingerprint density at radius 1 is 0.667 bits per heavy atom. The highest BCUT2D eigenvalue weighted by Gasteiger charge is 2.26. The van der Waals surface area contributed by atoms with Crippen LogP contribution in [0.2, 0.25) is 0 Å². The fourth-order valence-corrected chi connectivity index (χ4v) is 11.2. The number of hydrogen-bond donors (Lipinski definition) is 0. The monoisotopic (exact) mass is 570 g/mol. The van der Waals surface area contributed by atoms with E-state index in [1.165, 1.54) is 35.5 Å². The molecule has 1 aromatic carbocycles. The van der Waals surface area contributed by atoms with Gasteiger partial charge >= 0.3 is 15.2 Å². The van der Waals surface area contributed by atoms with Crippen LogP contribution in [-0.4, -0.2) is 26.4 Å². The van der Waals surface area contributed by atoms with Gasteiger partial charge in [-0.25, -0.2) is 0 Å². The molecule has 0 aliphatic rings. The molecule has 0 spiro atoms. The van der Waals surface area contributed by atoms with Crippen LogP contribution in [0.5, 0.6) is 0 Å². The van der Waals surface area contributed by atoms with Gasteiger partial charge in [0, 0.05) is 57.9 Å². The number of rotatable bonds is 12. The van der Waals surface area contributed by atoms with Crippen molar-refractivity contribution in [3.05, 3.63) is 35.4 Å². The summed E-state index contributed by atoms with van der Waals surface area (Å²) in [7, 11) is -0.612. The van der Waals surface area contributed by atoms with Crippen molar-refractivity contribution in [1.29, 1.82) is 0 Å². The average molecular weight is 571 g/mol. The maximum absolute atomic E-state index is 12.5. The van der Waals surface area contributed by atoms with E-state index in [-0.39, 0.29) is 12.3 Å². The quantitative estimate of drug-likeness (QED) is 0.318. The molecule has 1 rings (SSSR count). The third-order valence-electron chi connectivity index (χ3n) is 3.16. The molecular formula is C16H28O6P2S6. The van der Waals surface area contributed by atoms with Crippen LogP contribution in [0, 0.1) is 0 Å². The van der Waals surface area contributed by atoms with Crippen LogP contribution in [0.3, 0.4) is 0 Å². The number of hydrogen-bond acceptors (Lipinski definition) is 8. The fraction of sp³-hybridized carbons (Fsp3) is 0.625. The molecular weight excluding hydrogens is 543 g/mol. The maximum Gasteiger partial charge on any atom is 0.335 e. The molecule has 0 heterocycles. The van der Waals surface area contributed by atoms with Gasteiger partial charge in [0.15, 0.2) is 0 Å². The molecule has 0 atom stereocenters. The van der Waals surface area contributed by atoms with Gasteiger partial charge in [-0.1, -0.05) is 24.3 Å². The Bertz CT molecular complexity index is 782. The van der Waals surface area contributed by atoms with Crippen molar-refractivity contribution < 1.29 is 27.2 Å². The lowest BCUT2D eigenvalue weighted by Gasteiger charge is -2.18. The third-order valence-corrected chi connectivity index (χ3v) is 13.9. The molecule has 0 saturated carbocycles. The van der Waals surface area contributed by atoms with Crippen LogP contribution < -0.4 is 0 Å². The Morgan fingerprint density at radius 2 is 0.933 bits per heavy atom. The molecule has 0 aliphatic heterocycles. The summed E-state index contributed by atoms with van der Waals surface area (Å²) in [4.78, 5) is 0. The van der Waals surface area contributed by atoms with Crippen LogP contribution in [0.4, 0.5) is 0 Å². The molecule has 0 radical (unpaired) electrons. The van der Waals surface area contributed by atoms with E-state index in [0.717, 1.165) is 11.1 Å². The smallest absolute Gasteiger partial charge is 0.309 e. The Morgan fingerprint density at radius 3 is 1.13 bits per heavy atom. The second kappa shape index (κ2) is 18.3. The van der Waals surface area contributed by atoms with Gasteiger partial charge in [0.2, 0.25) is 0 Å². The molecule has 0 unspecified atom stereocenters. The molecule has 174 valence electrons. The lowest BCUT2D eigenvalue weighted by atomic mass is 10.2. The van der Waals surface area contributed by atoms with Crippen molar-refractivity contribution in [2.75, 3.05) is 26.4 Å². The minimum atomic E-state index is -3.12. The van der Waals surface area contributed by atoms with Crippen LogP contribution in [0.25, 0.3) is 0 Å². The highest BCUT2D eigenvalue weighted by molar-refractivity contribution is 8.64. The first-order valence-corrected chi connectivity index (χ1v) is 19.2. The standard InChI is InChI=1S/C16H28O6P2.S6/c1-5-19-23(17,20-6-2)13-15-9-11-16(12-10-15)14-24(18,21-7-3)22-8-4;1-3-5-6-4-2/h9-12H,5-8,13-14H2,1-4H3;. The zero-order valence-electron chi connectivity index (χ0n) is 17.3. The average Bonchev–Trinajstić information content (AvgIpc) is 2.69. The molecule has 0 amide bonds. The summed E-state index contributed by atoms with van der Waals surface area (Å²) >= 11 is 9.03. The second-order valence-electron chi connectivity index (χ2n) is 5.30. The fourth-order valence-electron chi connectivity index (χ4n) is 2.26. The summed E-state index contributed by atoms with van der Waals surface area (Å²) in [6.45, 7) is 8.48. The molecule has 0 fully saturated rings. The first kappa shape index (κ1) is 30.8. The van der Waals surface area contributed by atoms with E-state index in [0.29, 0.717) is 26.4 Å². The summed E-state index contributed by atoms with van der Waals surface area (Å²) in [5, 5.41) is 0. The summed E-state index contributed by atoms with van der Waals surface area (Å²) in [5.74, 6) is 0. The minimum Gasteiger partial charge on any atom is -0.309 e. The van der Waals surface area contributed by atoms with Gasteiger partial charge in [-0.15, -0.1) is 0 Å². The summed E-state index contributed by atoms with van der Waals surface area (Å²) < 4.78 is 46.3. The van der Waals surface area contributed by atoms with Crippen molar-refractivity contribution in [2.24, 2.45) is 0 Å². The lowest BCUT2D eigenvalue weighted by molar-refractivity contribution is 0.218. The van der Waals surface area contributed by atoms with Gasteiger partial charge < -0.3 is 18.1 Å². The normalized spacial score (nSPS) is 11.2. The Hall–Kier alpha value is 0.840. The van der Waals surface area contributed by atoms with E-state index in [1.807, 2.05) is 24.3 Å². The van der Waals surface area contributed by atoms with Gasteiger partial charge in [-0.2, -0.15) is 0 Å². The molecule has 0 saturated heterocycles. The zero-order valence-corrected chi connectivity index (χ0v) is 24.0. The second-order valence-corrected chi connectivity index (χ2v) is 16.5. The molecule has 0 N–H and O–H groups in total. The topological polar surface area (TPSA) is 71.1 Å². The number of benzene rings is 1. The van der Waals surface area contributed by atoms with E-state index in [9.17, 15) is 9.13 Å². The van der Waals surface area contributed by atoms with Gasteiger partial charge in [0.1, 0.15) is 0 Å². The van der Waals surface area contributed by atoms with Crippen molar-refractivity contribution in [3.63, 3.8) is 0 Å². The zero-order chi connectivity index (χ0) is 22.9. The summed E-state index contributed by atoms with van der Waals surface area (Å²) in [6.07, 6.45) is 0.424. The van der Waals surface area contributed by atoms with E-state index in [4.69, 9.17) is 18.1 Å². The van der Waals surface area contributed by atoms with E-state index < -0.39 is 15.2 Å². The van der Waals surface area contributed by atoms with E-state index in [1.54, 1.807) is 27.7 Å². The minimum absolute atomic E-state index is 0.212. The van der Waals surface area contributed by atoms with Crippen molar-refractivity contribution >= 4 is 73.1 Å².